The molecule has 1 aromatic carbocycles. The van der Waals surface area contributed by atoms with Gasteiger partial charge >= 0.3 is 6.03 Å². The molecule has 0 bridgehead atoms. The third-order valence-electron chi connectivity index (χ3n) is 5.12. The molecule has 3 rings (SSSR count). The van der Waals surface area contributed by atoms with E-state index in [-0.39, 0.29) is 18.0 Å². The molecule has 2 atom stereocenters. The Balaban J connectivity index is 2.06. The number of nitrogens with zero attached hydrogens (tertiary/aromatic N) is 2. The van der Waals surface area contributed by atoms with Crippen LogP contribution in [0.1, 0.15) is 32.4 Å². The minimum Gasteiger partial charge on any atom is -0.330 e. The zero-order chi connectivity index (χ0) is 18.5. The first-order chi connectivity index (χ1) is 11.7. The largest absolute Gasteiger partial charge is 0.330 e. The maximum Gasteiger partial charge on any atom is 0.322 e. The molecule has 2 aliphatic heterocycles. The van der Waals surface area contributed by atoms with E-state index in [0.29, 0.717) is 33.6 Å². The molecule has 3 amide bonds. The zero-order valence-corrected chi connectivity index (χ0v) is 16.1. The van der Waals surface area contributed by atoms with Gasteiger partial charge in [-0.05, 0) is 30.5 Å². The molecular weight excluding hydrogens is 361 g/mol. The van der Waals surface area contributed by atoms with Crippen molar-refractivity contribution in [3.8, 4) is 0 Å². The molecule has 0 aromatic heterocycles. The Hall–Kier alpha value is -1.72. The summed E-state index contributed by atoms with van der Waals surface area (Å²) in [4.78, 5) is 28.9. The number of amides is 3. The van der Waals surface area contributed by atoms with E-state index in [2.05, 4.69) is 19.2 Å². The average molecular weight is 382 g/mol. The lowest BCUT2D eigenvalue weighted by molar-refractivity contribution is -0.128. The van der Waals surface area contributed by atoms with E-state index >= 15 is 0 Å². The van der Waals surface area contributed by atoms with Gasteiger partial charge in [0, 0.05) is 23.1 Å². The molecular formula is C18H21Cl2N3O2. The number of carbonyl (C=O) groups excluding carboxylic acids is 2. The van der Waals surface area contributed by atoms with E-state index in [9.17, 15) is 9.59 Å². The predicted molar refractivity (Wildman–Crippen MR) is 98.5 cm³/mol. The molecule has 1 aromatic rings. The van der Waals surface area contributed by atoms with Crippen molar-refractivity contribution in [3.63, 3.8) is 0 Å². The monoisotopic (exact) mass is 381 g/mol. The van der Waals surface area contributed by atoms with Crippen LogP contribution >= 0.6 is 23.2 Å². The first-order valence-corrected chi connectivity index (χ1v) is 9.01. The molecule has 0 saturated carbocycles. The summed E-state index contributed by atoms with van der Waals surface area (Å²) >= 11 is 12.3. The molecule has 7 heteroatoms. The van der Waals surface area contributed by atoms with E-state index in [1.807, 2.05) is 11.8 Å². The van der Waals surface area contributed by atoms with Crippen molar-refractivity contribution in [2.75, 3.05) is 13.6 Å². The second-order valence-electron chi connectivity index (χ2n) is 6.89. The Labute approximate surface area is 157 Å². The summed E-state index contributed by atoms with van der Waals surface area (Å²) in [6, 6.07) is 4.34. The molecule has 0 aliphatic carbocycles. The summed E-state index contributed by atoms with van der Waals surface area (Å²) in [7, 11) is 1.68. The fourth-order valence-electron chi connectivity index (χ4n) is 3.25. The third-order valence-corrected chi connectivity index (χ3v) is 5.68. The van der Waals surface area contributed by atoms with Gasteiger partial charge in [0.15, 0.2) is 0 Å². The van der Waals surface area contributed by atoms with Crippen LogP contribution in [-0.2, 0) is 4.79 Å². The highest BCUT2D eigenvalue weighted by molar-refractivity contribution is 6.35. The smallest absolute Gasteiger partial charge is 0.322 e. The van der Waals surface area contributed by atoms with Crippen molar-refractivity contribution in [2.45, 2.75) is 32.9 Å². The van der Waals surface area contributed by atoms with Crippen LogP contribution in [0.15, 0.2) is 29.5 Å². The fraction of sp³-hybridized carbons (Fsp3) is 0.444. The topological polar surface area (TPSA) is 52.7 Å². The molecule has 1 N–H and O–H groups in total. The Kier molecular flexibility index (Phi) is 4.73. The highest BCUT2D eigenvalue weighted by atomic mass is 35.5. The number of hydrogen-bond donors (Lipinski definition) is 1. The van der Waals surface area contributed by atoms with Gasteiger partial charge in [-0.15, -0.1) is 0 Å². The van der Waals surface area contributed by atoms with Gasteiger partial charge in [-0.3, -0.25) is 9.69 Å². The van der Waals surface area contributed by atoms with Crippen LogP contribution in [0.25, 0.3) is 0 Å². The number of halogens is 2. The first kappa shape index (κ1) is 18.1. The van der Waals surface area contributed by atoms with Crippen LogP contribution in [0.3, 0.4) is 0 Å². The molecule has 0 radical (unpaired) electrons. The summed E-state index contributed by atoms with van der Waals surface area (Å²) < 4.78 is 0. The van der Waals surface area contributed by atoms with Gasteiger partial charge in [0.2, 0.25) is 0 Å². The second kappa shape index (κ2) is 6.54. The standard InChI is InChI=1S/C18H21Cl2N3O2/c1-9(2)10(3)23-8-14-15(17(23)24)16(21-18(25)22(14)4)12-6-5-11(19)7-13(12)20/h5-7,9-10,16H,8H2,1-4H3,(H,21,25)/t10-,16+/m0/s1. The highest BCUT2D eigenvalue weighted by Crippen LogP contribution is 2.39. The minimum atomic E-state index is -0.569. The van der Waals surface area contributed by atoms with Gasteiger partial charge in [-0.1, -0.05) is 43.1 Å². The normalized spacial score (nSPS) is 21.8. The quantitative estimate of drug-likeness (QED) is 0.864. The predicted octanol–water partition coefficient (Wildman–Crippen LogP) is 3.83. The van der Waals surface area contributed by atoms with Gasteiger partial charge in [-0.2, -0.15) is 0 Å². The van der Waals surface area contributed by atoms with E-state index in [4.69, 9.17) is 23.2 Å². The van der Waals surface area contributed by atoms with E-state index in [1.165, 1.54) is 4.90 Å². The average Bonchev–Trinajstić information content (AvgIpc) is 2.88. The van der Waals surface area contributed by atoms with Crippen LogP contribution < -0.4 is 5.32 Å². The van der Waals surface area contributed by atoms with E-state index < -0.39 is 6.04 Å². The lowest BCUT2D eigenvalue weighted by Gasteiger charge is -2.31. The molecule has 2 aliphatic rings. The molecule has 0 spiro atoms. The number of benzene rings is 1. The summed E-state index contributed by atoms with van der Waals surface area (Å²) in [6.07, 6.45) is 0. The second-order valence-corrected chi connectivity index (χ2v) is 7.73. The maximum atomic E-state index is 13.1. The van der Waals surface area contributed by atoms with E-state index in [0.717, 1.165) is 5.70 Å². The highest BCUT2D eigenvalue weighted by Gasteiger charge is 2.44. The van der Waals surface area contributed by atoms with E-state index in [1.54, 1.807) is 25.2 Å². The third kappa shape index (κ3) is 3.00. The first-order valence-electron chi connectivity index (χ1n) is 8.25. The van der Waals surface area contributed by atoms with Crippen LogP contribution in [0.4, 0.5) is 4.79 Å². The number of likely N-dealkylation sites (N-methyl/N-ethyl adjacent to an activating group) is 1. The molecule has 25 heavy (non-hydrogen) atoms. The van der Waals surface area contributed by atoms with Gasteiger partial charge in [-0.25, -0.2) is 4.79 Å². The van der Waals surface area contributed by atoms with Gasteiger partial charge in [0.1, 0.15) is 0 Å². The van der Waals surface area contributed by atoms with Gasteiger partial charge in [0.25, 0.3) is 5.91 Å². The van der Waals surface area contributed by atoms with Crippen LogP contribution in [0.2, 0.25) is 10.0 Å². The number of nitrogens with one attached hydrogen (secondary N) is 1. The summed E-state index contributed by atoms with van der Waals surface area (Å²) in [5.41, 5.74) is 1.99. The zero-order valence-electron chi connectivity index (χ0n) is 14.6. The Morgan fingerprint density at radius 2 is 1.88 bits per heavy atom. The van der Waals surface area contributed by atoms with Crippen molar-refractivity contribution < 1.29 is 9.59 Å². The van der Waals surface area contributed by atoms with Crippen molar-refractivity contribution >= 4 is 35.1 Å². The Bertz CT molecular complexity index is 776. The van der Waals surface area contributed by atoms with Gasteiger partial charge in [0.05, 0.1) is 23.9 Å². The number of rotatable bonds is 3. The van der Waals surface area contributed by atoms with Crippen molar-refractivity contribution in [3.05, 3.63) is 45.1 Å². The summed E-state index contributed by atoms with van der Waals surface area (Å²) in [5.74, 6) is 0.260. The number of carbonyl (C=O) groups is 2. The lowest BCUT2D eigenvalue weighted by atomic mass is 9.95. The van der Waals surface area contributed by atoms with Crippen LogP contribution in [-0.4, -0.2) is 41.4 Å². The van der Waals surface area contributed by atoms with Gasteiger partial charge < -0.3 is 10.2 Å². The van der Waals surface area contributed by atoms with Crippen molar-refractivity contribution in [2.24, 2.45) is 5.92 Å². The fourth-order valence-corrected chi connectivity index (χ4v) is 3.76. The minimum absolute atomic E-state index is 0.0564. The van der Waals surface area contributed by atoms with Crippen molar-refractivity contribution in [1.82, 2.24) is 15.1 Å². The number of hydrogen-bond acceptors (Lipinski definition) is 2. The molecule has 0 unspecified atom stereocenters. The molecule has 0 saturated heterocycles. The Morgan fingerprint density at radius 1 is 1.20 bits per heavy atom. The Morgan fingerprint density at radius 3 is 2.48 bits per heavy atom. The molecule has 2 heterocycles. The molecule has 0 fully saturated rings. The van der Waals surface area contributed by atoms with Crippen LogP contribution in [0.5, 0.6) is 0 Å². The lowest BCUT2D eigenvalue weighted by Crippen LogP contribution is -2.45. The SMILES string of the molecule is CC(C)[C@H](C)N1CC2=C(C1=O)[C@@H](c1ccc(Cl)cc1Cl)NC(=O)N2C. The van der Waals surface area contributed by atoms with Crippen molar-refractivity contribution in [1.29, 1.82) is 0 Å². The molecule has 5 nitrogen and oxygen atoms in total. The summed E-state index contributed by atoms with van der Waals surface area (Å²) in [6.45, 7) is 6.62. The number of urea groups is 1. The summed E-state index contributed by atoms with van der Waals surface area (Å²) in [5, 5.41) is 3.82. The molecule has 134 valence electrons. The van der Waals surface area contributed by atoms with Crippen LogP contribution in [0, 0.1) is 5.92 Å². The maximum absolute atomic E-state index is 13.1.